The summed E-state index contributed by atoms with van der Waals surface area (Å²) < 4.78 is 0. The Hall–Kier alpha value is -1.04. The van der Waals surface area contributed by atoms with Crippen molar-refractivity contribution in [1.82, 2.24) is 20.1 Å². The number of aromatic nitrogens is 3. The van der Waals surface area contributed by atoms with Gasteiger partial charge in [-0.2, -0.15) is 0 Å². The average Bonchev–Trinajstić information content (AvgIpc) is 3.22. The Morgan fingerprint density at radius 1 is 1.17 bits per heavy atom. The number of likely N-dealkylation sites (tertiary alicyclic amines) is 1. The molecule has 134 valence electrons. The predicted octanol–water partition coefficient (Wildman–Crippen LogP) is 3.81. The summed E-state index contributed by atoms with van der Waals surface area (Å²) in [7, 11) is 0. The Labute approximate surface area is 149 Å². The molecule has 24 heavy (non-hydrogen) atoms. The first-order chi connectivity index (χ1) is 11.6. The second kappa shape index (κ2) is 8.37. The van der Waals surface area contributed by atoms with Gasteiger partial charge in [0.2, 0.25) is 11.1 Å². The smallest absolute Gasteiger partial charge is 0.233 e. The lowest BCUT2D eigenvalue weighted by Crippen LogP contribution is -2.48. The Morgan fingerprint density at radius 3 is 2.58 bits per heavy atom. The van der Waals surface area contributed by atoms with Crippen molar-refractivity contribution in [2.24, 2.45) is 5.92 Å². The number of hydrogen-bond acceptors (Lipinski definition) is 4. The summed E-state index contributed by atoms with van der Waals surface area (Å²) in [4.78, 5) is 19.1. The molecule has 0 aromatic carbocycles. The van der Waals surface area contributed by atoms with Gasteiger partial charge in [0.15, 0.2) is 0 Å². The third kappa shape index (κ3) is 4.52. The summed E-state index contributed by atoms with van der Waals surface area (Å²) in [6.45, 7) is 4.32. The van der Waals surface area contributed by atoms with Crippen LogP contribution in [-0.2, 0) is 11.2 Å². The van der Waals surface area contributed by atoms with Crippen LogP contribution in [0.15, 0.2) is 5.16 Å². The molecule has 2 heterocycles. The maximum atomic E-state index is 12.5. The SMILES string of the molecule is CC1CCCC(C)N1C(=O)CSc1n[nH]c(CCC2CCCC2)n1. The van der Waals surface area contributed by atoms with E-state index in [4.69, 9.17) is 0 Å². The Balaban J connectivity index is 1.45. The highest BCUT2D eigenvalue weighted by molar-refractivity contribution is 7.99. The van der Waals surface area contributed by atoms with E-state index in [2.05, 4.69) is 33.9 Å². The number of piperidine rings is 1. The third-order valence-electron chi connectivity index (χ3n) is 5.58. The van der Waals surface area contributed by atoms with Gasteiger partial charge in [0.25, 0.3) is 0 Å². The van der Waals surface area contributed by atoms with E-state index in [0.29, 0.717) is 23.0 Å². The summed E-state index contributed by atoms with van der Waals surface area (Å²) in [5.74, 6) is 2.50. The normalized spacial score (nSPS) is 25.3. The number of aromatic amines is 1. The molecule has 2 atom stereocenters. The van der Waals surface area contributed by atoms with Crippen LogP contribution in [-0.4, -0.2) is 43.8 Å². The maximum Gasteiger partial charge on any atom is 0.233 e. The number of amides is 1. The molecule has 1 saturated carbocycles. The first kappa shape index (κ1) is 17.8. The van der Waals surface area contributed by atoms with Crippen molar-refractivity contribution in [3.05, 3.63) is 5.82 Å². The molecule has 0 bridgehead atoms. The number of nitrogens with zero attached hydrogens (tertiary/aromatic N) is 3. The van der Waals surface area contributed by atoms with Crippen LogP contribution in [0.4, 0.5) is 0 Å². The molecule has 1 aromatic rings. The van der Waals surface area contributed by atoms with Crippen molar-refractivity contribution in [2.45, 2.75) is 88.9 Å². The lowest BCUT2D eigenvalue weighted by Gasteiger charge is -2.39. The zero-order valence-electron chi connectivity index (χ0n) is 15.0. The molecule has 0 spiro atoms. The quantitative estimate of drug-likeness (QED) is 0.793. The number of carbonyl (C=O) groups is 1. The van der Waals surface area contributed by atoms with E-state index in [9.17, 15) is 4.79 Å². The van der Waals surface area contributed by atoms with Crippen molar-refractivity contribution in [2.75, 3.05) is 5.75 Å². The fraction of sp³-hybridized carbons (Fsp3) is 0.833. The Kier molecular flexibility index (Phi) is 6.19. The van der Waals surface area contributed by atoms with Crippen molar-refractivity contribution in [3.63, 3.8) is 0 Å². The van der Waals surface area contributed by atoms with E-state index in [1.54, 1.807) is 0 Å². The Morgan fingerprint density at radius 2 is 1.88 bits per heavy atom. The third-order valence-corrected chi connectivity index (χ3v) is 6.41. The monoisotopic (exact) mass is 350 g/mol. The van der Waals surface area contributed by atoms with Gasteiger partial charge in [0.05, 0.1) is 5.75 Å². The molecular formula is C18H30N4OS. The van der Waals surface area contributed by atoms with E-state index in [1.165, 1.54) is 50.3 Å². The summed E-state index contributed by atoms with van der Waals surface area (Å²) >= 11 is 1.46. The van der Waals surface area contributed by atoms with Gasteiger partial charge in [-0.25, -0.2) is 4.98 Å². The standard InChI is InChI=1S/C18H30N4OS/c1-13-6-5-7-14(2)22(13)17(23)12-24-18-19-16(20-21-18)11-10-15-8-3-4-9-15/h13-15H,3-12H2,1-2H3,(H,19,20,21). The highest BCUT2D eigenvalue weighted by atomic mass is 32.2. The number of thioether (sulfide) groups is 1. The van der Waals surface area contributed by atoms with Crippen LogP contribution in [0, 0.1) is 5.92 Å². The predicted molar refractivity (Wildman–Crippen MR) is 97.0 cm³/mol. The van der Waals surface area contributed by atoms with E-state index in [-0.39, 0.29) is 5.91 Å². The lowest BCUT2D eigenvalue weighted by atomic mass is 9.98. The second-order valence-corrected chi connectivity index (χ2v) is 8.41. The first-order valence-electron chi connectivity index (χ1n) is 9.48. The van der Waals surface area contributed by atoms with Crippen molar-refractivity contribution in [1.29, 1.82) is 0 Å². The summed E-state index contributed by atoms with van der Waals surface area (Å²) in [5.41, 5.74) is 0. The number of nitrogens with one attached hydrogen (secondary N) is 1. The van der Waals surface area contributed by atoms with Gasteiger partial charge in [-0.05, 0) is 45.4 Å². The number of H-pyrrole nitrogens is 1. The zero-order valence-corrected chi connectivity index (χ0v) is 15.8. The van der Waals surface area contributed by atoms with Gasteiger partial charge in [0, 0.05) is 18.5 Å². The fourth-order valence-electron chi connectivity index (χ4n) is 4.21. The van der Waals surface area contributed by atoms with E-state index in [0.717, 1.165) is 31.0 Å². The van der Waals surface area contributed by atoms with E-state index < -0.39 is 0 Å². The van der Waals surface area contributed by atoms with Gasteiger partial charge < -0.3 is 4.90 Å². The second-order valence-electron chi connectivity index (χ2n) is 7.47. The van der Waals surface area contributed by atoms with Crippen LogP contribution in [0.1, 0.15) is 71.0 Å². The molecule has 1 aliphatic heterocycles. The first-order valence-corrected chi connectivity index (χ1v) is 10.5. The van der Waals surface area contributed by atoms with Gasteiger partial charge >= 0.3 is 0 Å². The van der Waals surface area contributed by atoms with Crippen LogP contribution in [0.25, 0.3) is 0 Å². The van der Waals surface area contributed by atoms with Crippen molar-refractivity contribution < 1.29 is 4.79 Å². The Bertz CT molecular complexity index is 531. The molecule has 3 rings (SSSR count). The highest BCUT2D eigenvalue weighted by Crippen LogP contribution is 2.28. The molecule has 5 nitrogen and oxygen atoms in total. The van der Waals surface area contributed by atoms with Gasteiger partial charge in [-0.15, -0.1) is 5.10 Å². The van der Waals surface area contributed by atoms with Crippen LogP contribution in [0.2, 0.25) is 0 Å². The molecule has 1 saturated heterocycles. The lowest BCUT2D eigenvalue weighted by molar-refractivity contribution is -0.134. The molecule has 2 aliphatic rings. The molecule has 2 unspecified atom stereocenters. The number of carbonyl (C=O) groups excluding carboxylic acids is 1. The van der Waals surface area contributed by atoms with Gasteiger partial charge in [0.1, 0.15) is 5.82 Å². The number of hydrogen-bond donors (Lipinski definition) is 1. The molecular weight excluding hydrogens is 320 g/mol. The van der Waals surface area contributed by atoms with E-state index >= 15 is 0 Å². The fourth-order valence-corrected chi connectivity index (χ4v) is 4.89. The summed E-state index contributed by atoms with van der Waals surface area (Å²) in [6, 6.07) is 0.715. The van der Waals surface area contributed by atoms with Crippen LogP contribution >= 0.6 is 11.8 Å². The van der Waals surface area contributed by atoms with E-state index in [1.807, 2.05) is 0 Å². The van der Waals surface area contributed by atoms with Crippen molar-refractivity contribution in [3.8, 4) is 0 Å². The maximum absolute atomic E-state index is 12.5. The van der Waals surface area contributed by atoms with Gasteiger partial charge in [-0.3, -0.25) is 9.89 Å². The highest BCUT2D eigenvalue weighted by Gasteiger charge is 2.28. The molecule has 1 aliphatic carbocycles. The summed E-state index contributed by atoms with van der Waals surface area (Å²) in [6.07, 6.45) is 11.2. The molecule has 0 radical (unpaired) electrons. The molecule has 6 heteroatoms. The van der Waals surface area contributed by atoms with Crippen LogP contribution < -0.4 is 0 Å². The molecule has 1 N–H and O–H groups in total. The topological polar surface area (TPSA) is 61.9 Å². The number of aryl methyl sites for hydroxylation is 1. The largest absolute Gasteiger partial charge is 0.337 e. The van der Waals surface area contributed by atoms with Crippen LogP contribution in [0.5, 0.6) is 0 Å². The van der Waals surface area contributed by atoms with Gasteiger partial charge in [-0.1, -0.05) is 37.4 Å². The zero-order chi connectivity index (χ0) is 16.9. The van der Waals surface area contributed by atoms with Crippen molar-refractivity contribution >= 4 is 17.7 Å². The minimum atomic E-state index is 0.219. The minimum Gasteiger partial charge on any atom is -0.337 e. The average molecular weight is 351 g/mol. The van der Waals surface area contributed by atoms with Crippen LogP contribution in [0.3, 0.4) is 0 Å². The summed E-state index contributed by atoms with van der Waals surface area (Å²) in [5, 5.41) is 8.03. The minimum absolute atomic E-state index is 0.219. The number of rotatable bonds is 6. The molecule has 1 amide bonds. The molecule has 1 aromatic heterocycles. The molecule has 2 fully saturated rings.